The van der Waals surface area contributed by atoms with Gasteiger partial charge in [0.05, 0.1) is 5.69 Å². The van der Waals surface area contributed by atoms with E-state index >= 15 is 0 Å². The molecule has 0 radical (unpaired) electrons. The largest absolute Gasteiger partial charge is 0.385 e. The third-order valence-corrected chi connectivity index (χ3v) is 4.11. The Hall–Kier alpha value is -1.07. The Kier molecular flexibility index (Phi) is 6.51. The molecular formula is C16H30N4O. The van der Waals surface area contributed by atoms with E-state index in [0.717, 1.165) is 31.2 Å². The molecule has 0 saturated carbocycles. The standard InChI is InChI=1S/C16H30N4O/c1-4-8-19-10-6-15(7-11-19)18-16-17-14(2)13-20(16)9-5-12-21-3/h13,15H,4-12H2,1-3H3,(H,17,18). The van der Waals surface area contributed by atoms with Crippen LogP contribution in [0.25, 0.3) is 0 Å². The Morgan fingerprint density at radius 3 is 2.76 bits per heavy atom. The van der Waals surface area contributed by atoms with Crippen LogP contribution in [0.3, 0.4) is 0 Å². The average molecular weight is 294 g/mol. The third-order valence-electron chi connectivity index (χ3n) is 4.11. The molecule has 1 aliphatic rings. The number of ether oxygens (including phenoxy) is 1. The summed E-state index contributed by atoms with van der Waals surface area (Å²) in [5, 5.41) is 3.64. The monoisotopic (exact) mass is 294 g/mol. The number of likely N-dealkylation sites (tertiary alicyclic amines) is 1. The van der Waals surface area contributed by atoms with Crippen molar-refractivity contribution in [1.29, 1.82) is 0 Å². The molecule has 0 atom stereocenters. The number of hydrogen-bond donors (Lipinski definition) is 1. The Balaban J connectivity index is 1.85. The molecule has 1 saturated heterocycles. The van der Waals surface area contributed by atoms with Crippen LogP contribution < -0.4 is 5.32 Å². The summed E-state index contributed by atoms with van der Waals surface area (Å²) < 4.78 is 7.36. The molecule has 120 valence electrons. The average Bonchev–Trinajstić information content (AvgIpc) is 2.82. The van der Waals surface area contributed by atoms with Gasteiger partial charge in [-0.1, -0.05) is 6.92 Å². The molecule has 0 bridgehead atoms. The summed E-state index contributed by atoms with van der Waals surface area (Å²) in [5.74, 6) is 1.03. The number of nitrogens with zero attached hydrogens (tertiary/aromatic N) is 3. The molecule has 0 amide bonds. The van der Waals surface area contributed by atoms with Crippen LogP contribution in [0.15, 0.2) is 6.20 Å². The maximum atomic E-state index is 5.14. The third kappa shape index (κ3) is 5.00. The van der Waals surface area contributed by atoms with Crippen molar-refractivity contribution in [2.45, 2.75) is 52.1 Å². The second kappa shape index (κ2) is 8.39. The van der Waals surface area contributed by atoms with Crippen LogP contribution in [0.2, 0.25) is 0 Å². The van der Waals surface area contributed by atoms with Crippen LogP contribution >= 0.6 is 0 Å². The lowest BCUT2D eigenvalue weighted by molar-refractivity contribution is 0.190. The molecule has 21 heavy (non-hydrogen) atoms. The SMILES string of the molecule is CCCN1CCC(Nc2nc(C)cn2CCCOC)CC1. The number of aryl methyl sites for hydroxylation is 2. The zero-order chi connectivity index (χ0) is 15.1. The Labute approximate surface area is 128 Å². The Morgan fingerprint density at radius 1 is 1.33 bits per heavy atom. The number of imidazole rings is 1. The molecule has 5 heteroatoms. The highest BCUT2D eigenvalue weighted by molar-refractivity contribution is 5.30. The minimum absolute atomic E-state index is 0.557. The van der Waals surface area contributed by atoms with Gasteiger partial charge in [-0.25, -0.2) is 4.98 Å². The molecule has 0 aromatic carbocycles. The minimum Gasteiger partial charge on any atom is -0.385 e. The minimum atomic E-state index is 0.557. The first-order chi connectivity index (χ1) is 10.2. The van der Waals surface area contributed by atoms with E-state index in [0.29, 0.717) is 6.04 Å². The van der Waals surface area contributed by atoms with Gasteiger partial charge in [-0.3, -0.25) is 0 Å². The Morgan fingerprint density at radius 2 is 2.10 bits per heavy atom. The predicted octanol–water partition coefficient (Wildman–Crippen LogP) is 2.51. The molecule has 0 unspecified atom stereocenters. The van der Waals surface area contributed by atoms with E-state index in [1.54, 1.807) is 7.11 Å². The zero-order valence-corrected chi connectivity index (χ0v) is 13.8. The lowest BCUT2D eigenvalue weighted by Gasteiger charge is -2.32. The molecular weight excluding hydrogens is 264 g/mol. The van der Waals surface area contributed by atoms with Crippen LogP contribution in [-0.4, -0.2) is 53.8 Å². The van der Waals surface area contributed by atoms with Crippen molar-refractivity contribution in [3.63, 3.8) is 0 Å². The fourth-order valence-corrected chi connectivity index (χ4v) is 3.01. The van der Waals surface area contributed by atoms with Crippen molar-refractivity contribution in [2.75, 3.05) is 38.7 Å². The lowest BCUT2D eigenvalue weighted by atomic mass is 10.1. The van der Waals surface area contributed by atoms with Crippen LogP contribution in [0.4, 0.5) is 5.95 Å². The van der Waals surface area contributed by atoms with Gasteiger partial charge in [0.25, 0.3) is 0 Å². The normalized spacial score (nSPS) is 17.3. The smallest absolute Gasteiger partial charge is 0.203 e. The number of hydrogen-bond acceptors (Lipinski definition) is 4. The molecule has 0 spiro atoms. The second-order valence-corrected chi connectivity index (χ2v) is 6.01. The van der Waals surface area contributed by atoms with Gasteiger partial charge < -0.3 is 19.5 Å². The Bertz CT molecular complexity index is 410. The van der Waals surface area contributed by atoms with Crippen LogP contribution in [0, 0.1) is 6.92 Å². The van der Waals surface area contributed by atoms with Crippen LogP contribution in [-0.2, 0) is 11.3 Å². The fourth-order valence-electron chi connectivity index (χ4n) is 3.01. The number of anilines is 1. The number of aromatic nitrogens is 2. The first-order valence-electron chi connectivity index (χ1n) is 8.24. The number of methoxy groups -OCH3 is 1. The van der Waals surface area contributed by atoms with Gasteiger partial charge in [0.15, 0.2) is 0 Å². The first kappa shape index (κ1) is 16.3. The summed E-state index contributed by atoms with van der Waals surface area (Å²) in [6.45, 7) is 9.71. The number of rotatable bonds is 8. The van der Waals surface area contributed by atoms with Gasteiger partial charge >= 0.3 is 0 Å². The summed E-state index contributed by atoms with van der Waals surface area (Å²) in [7, 11) is 1.75. The molecule has 1 N–H and O–H groups in total. The van der Waals surface area contributed by atoms with Crippen molar-refractivity contribution < 1.29 is 4.74 Å². The quantitative estimate of drug-likeness (QED) is 0.748. The van der Waals surface area contributed by atoms with Crippen molar-refractivity contribution >= 4 is 5.95 Å². The van der Waals surface area contributed by atoms with Gasteiger partial charge in [0, 0.05) is 45.6 Å². The lowest BCUT2D eigenvalue weighted by Crippen LogP contribution is -2.39. The highest BCUT2D eigenvalue weighted by atomic mass is 16.5. The van der Waals surface area contributed by atoms with Crippen molar-refractivity contribution in [3.05, 3.63) is 11.9 Å². The van der Waals surface area contributed by atoms with Gasteiger partial charge in [0.2, 0.25) is 5.95 Å². The highest BCUT2D eigenvalue weighted by Gasteiger charge is 2.19. The number of piperidine rings is 1. The molecule has 2 heterocycles. The van der Waals surface area contributed by atoms with Crippen LogP contribution in [0.5, 0.6) is 0 Å². The molecule has 1 aliphatic heterocycles. The highest BCUT2D eigenvalue weighted by Crippen LogP contribution is 2.17. The summed E-state index contributed by atoms with van der Waals surface area (Å²) in [6, 6.07) is 0.557. The second-order valence-electron chi connectivity index (χ2n) is 6.01. The van der Waals surface area contributed by atoms with E-state index in [1.165, 1.54) is 38.9 Å². The van der Waals surface area contributed by atoms with Gasteiger partial charge in [-0.15, -0.1) is 0 Å². The fraction of sp³-hybridized carbons (Fsp3) is 0.812. The van der Waals surface area contributed by atoms with E-state index in [4.69, 9.17) is 4.74 Å². The van der Waals surface area contributed by atoms with Gasteiger partial charge in [-0.2, -0.15) is 0 Å². The van der Waals surface area contributed by atoms with Crippen molar-refractivity contribution in [1.82, 2.24) is 14.5 Å². The van der Waals surface area contributed by atoms with Gasteiger partial charge in [0.1, 0.15) is 0 Å². The van der Waals surface area contributed by atoms with E-state index in [-0.39, 0.29) is 0 Å². The van der Waals surface area contributed by atoms with E-state index in [9.17, 15) is 0 Å². The van der Waals surface area contributed by atoms with Crippen molar-refractivity contribution in [3.8, 4) is 0 Å². The van der Waals surface area contributed by atoms with Gasteiger partial charge in [-0.05, 0) is 39.2 Å². The maximum Gasteiger partial charge on any atom is 0.203 e. The zero-order valence-electron chi connectivity index (χ0n) is 13.8. The molecule has 2 rings (SSSR count). The molecule has 1 aromatic rings. The summed E-state index contributed by atoms with van der Waals surface area (Å²) in [5.41, 5.74) is 1.08. The van der Waals surface area contributed by atoms with Crippen molar-refractivity contribution in [2.24, 2.45) is 0 Å². The predicted molar refractivity (Wildman–Crippen MR) is 86.8 cm³/mol. The maximum absolute atomic E-state index is 5.14. The van der Waals surface area contributed by atoms with E-state index < -0.39 is 0 Å². The first-order valence-corrected chi connectivity index (χ1v) is 8.24. The number of nitrogens with one attached hydrogen (secondary N) is 1. The molecule has 5 nitrogen and oxygen atoms in total. The molecule has 0 aliphatic carbocycles. The topological polar surface area (TPSA) is 42.3 Å². The van der Waals surface area contributed by atoms with E-state index in [1.807, 2.05) is 0 Å². The van der Waals surface area contributed by atoms with Crippen LogP contribution in [0.1, 0.15) is 38.3 Å². The summed E-state index contributed by atoms with van der Waals surface area (Å²) in [4.78, 5) is 7.20. The summed E-state index contributed by atoms with van der Waals surface area (Å²) >= 11 is 0. The summed E-state index contributed by atoms with van der Waals surface area (Å²) in [6.07, 6.45) is 6.83. The molecule has 1 fully saturated rings. The van der Waals surface area contributed by atoms with E-state index in [2.05, 4.69) is 39.8 Å². The molecule has 1 aromatic heterocycles.